The van der Waals surface area contributed by atoms with E-state index in [0.717, 1.165) is 12.1 Å². The van der Waals surface area contributed by atoms with E-state index in [1.807, 2.05) is 12.1 Å². The fourth-order valence-electron chi connectivity index (χ4n) is 5.49. The number of carboxylic acid groups (broad SMARTS) is 1. The first-order valence-corrected chi connectivity index (χ1v) is 10.4. The summed E-state index contributed by atoms with van der Waals surface area (Å²) in [5.41, 5.74) is 2.40. The molecule has 2 fully saturated rings. The molecule has 28 heavy (non-hydrogen) atoms. The molecule has 2 aromatic rings. The van der Waals surface area contributed by atoms with Crippen LogP contribution in [0.1, 0.15) is 73.8 Å². The molecular formula is C24H29NO3. The molecule has 148 valence electrons. The maximum atomic E-state index is 11.6. The van der Waals surface area contributed by atoms with Crippen LogP contribution in [0.25, 0.3) is 0 Å². The molecule has 1 heterocycles. The van der Waals surface area contributed by atoms with Crippen molar-refractivity contribution >= 4 is 11.7 Å². The highest BCUT2D eigenvalue weighted by Gasteiger charge is 2.49. The van der Waals surface area contributed by atoms with Crippen molar-refractivity contribution in [3.05, 3.63) is 59.7 Å². The van der Waals surface area contributed by atoms with Crippen LogP contribution in [0.4, 0.5) is 5.69 Å². The van der Waals surface area contributed by atoms with Gasteiger partial charge in [-0.2, -0.15) is 0 Å². The summed E-state index contributed by atoms with van der Waals surface area (Å²) in [5, 5.41) is 19.5. The number of nitrogens with zero attached hydrogens (tertiary/aromatic N) is 1. The van der Waals surface area contributed by atoms with E-state index in [9.17, 15) is 15.0 Å². The average molecular weight is 380 g/mol. The predicted molar refractivity (Wildman–Crippen MR) is 111 cm³/mol. The van der Waals surface area contributed by atoms with Gasteiger partial charge in [0, 0.05) is 11.7 Å². The van der Waals surface area contributed by atoms with Gasteiger partial charge in [0.2, 0.25) is 0 Å². The first-order valence-electron chi connectivity index (χ1n) is 10.4. The molecule has 1 saturated carbocycles. The summed E-state index contributed by atoms with van der Waals surface area (Å²) < 4.78 is 0. The van der Waals surface area contributed by atoms with Gasteiger partial charge in [-0.25, -0.2) is 4.79 Å². The fraction of sp³-hybridized carbons (Fsp3) is 0.458. The van der Waals surface area contributed by atoms with Gasteiger partial charge in [0.15, 0.2) is 0 Å². The van der Waals surface area contributed by atoms with Crippen molar-refractivity contribution in [2.75, 3.05) is 4.90 Å². The lowest BCUT2D eigenvalue weighted by Gasteiger charge is -2.37. The lowest BCUT2D eigenvalue weighted by Crippen LogP contribution is -2.37. The first-order chi connectivity index (χ1) is 13.5. The smallest absolute Gasteiger partial charge is 0.339 e. The normalized spacial score (nSPS) is 24.2. The monoisotopic (exact) mass is 379 g/mol. The summed E-state index contributed by atoms with van der Waals surface area (Å²) in [4.78, 5) is 14.0. The van der Waals surface area contributed by atoms with E-state index in [1.165, 1.54) is 50.2 Å². The molecule has 2 aromatic carbocycles. The third kappa shape index (κ3) is 3.25. The van der Waals surface area contributed by atoms with E-state index >= 15 is 0 Å². The van der Waals surface area contributed by atoms with Crippen LogP contribution in [-0.2, 0) is 0 Å². The van der Waals surface area contributed by atoms with E-state index in [4.69, 9.17) is 0 Å². The molecule has 4 rings (SSSR count). The van der Waals surface area contributed by atoms with Crippen LogP contribution in [0.15, 0.2) is 48.5 Å². The van der Waals surface area contributed by atoms with Gasteiger partial charge in [0.1, 0.15) is 11.3 Å². The van der Waals surface area contributed by atoms with Crippen LogP contribution in [0.2, 0.25) is 0 Å². The Balaban J connectivity index is 1.79. The molecule has 0 bridgehead atoms. The second kappa shape index (κ2) is 7.50. The number of hydrogen-bond acceptors (Lipinski definition) is 3. The third-order valence-corrected chi connectivity index (χ3v) is 7.03. The molecule has 4 heteroatoms. The van der Waals surface area contributed by atoms with E-state index in [0.29, 0.717) is 6.04 Å². The molecule has 1 spiro atoms. The predicted octanol–water partition coefficient (Wildman–Crippen LogP) is 5.77. The van der Waals surface area contributed by atoms with Crippen LogP contribution in [0.5, 0.6) is 5.75 Å². The van der Waals surface area contributed by atoms with Gasteiger partial charge in [0.25, 0.3) is 0 Å². The molecule has 2 N–H and O–H groups in total. The van der Waals surface area contributed by atoms with Gasteiger partial charge in [0.05, 0.1) is 6.04 Å². The number of rotatable bonds is 3. The maximum absolute atomic E-state index is 11.6. The van der Waals surface area contributed by atoms with Crippen LogP contribution in [-0.4, -0.2) is 22.2 Å². The van der Waals surface area contributed by atoms with Gasteiger partial charge < -0.3 is 15.1 Å². The Morgan fingerprint density at radius 2 is 1.71 bits per heavy atom. The summed E-state index contributed by atoms with van der Waals surface area (Å²) in [6.07, 6.45) is 8.74. The third-order valence-electron chi connectivity index (χ3n) is 7.03. The standard InChI is InChI=1S/C24H29NO3/c1-17-24(13-7-2-3-8-14-24)16-21(18-9-5-4-6-10-18)25(17)19-11-12-22(26)20(15-19)23(27)28/h4-6,9-12,15,17,21,26H,2-3,7-8,13-14,16H2,1H3,(H,27,28). The molecule has 1 aliphatic heterocycles. The highest BCUT2D eigenvalue weighted by molar-refractivity contribution is 5.92. The Hall–Kier alpha value is -2.49. The zero-order valence-corrected chi connectivity index (χ0v) is 16.5. The number of hydrogen-bond donors (Lipinski definition) is 2. The van der Waals surface area contributed by atoms with E-state index in [2.05, 4.69) is 36.1 Å². The second-order valence-corrected chi connectivity index (χ2v) is 8.50. The number of aromatic hydroxyl groups is 1. The molecule has 2 aliphatic rings. The van der Waals surface area contributed by atoms with E-state index < -0.39 is 5.97 Å². The van der Waals surface area contributed by atoms with Crippen molar-refractivity contribution in [2.24, 2.45) is 5.41 Å². The van der Waals surface area contributed by atoms with Gasteiger partial charge in [-0.3, -0.25) is 0 Å². The quantitative estimate of drug-likeness (QED) is 0.710. The zero-order valence-electron chi connectivity index (χ0n) is 16.5. The first kappa shape index (κ1) is 18.9. The molecular weight excluding hydrogens is 350 g/mol. The molecule has 0 aromatic heterocycles. The van der Waals surface area contributed by atoms with Gasteiger partial charge in [-0.05, 0) is 55.4 Å². The molecule has 0 amide bonds. The number of phenols is 1. The minimum Gasteiger partial charge on any atom is -0.507 e. The summed E-state index contributed by atoms with van der Waals surface area (Å²) in [7, 11) is 0. The molecule has 1 aliphatic carbocycles. The Kier molecular flexibility index (Phi) is 5.05. The van der Waals surface area contributed by atoms with Crippen LogP contribution in [0.3, 0.4) is 0 Å². The van der Waals surface area contributed by atoms with Crippen molar-refractivity contribution in [2.45, 2.75) is 64.0 Å². The van der Waals surface area contributed by atoms with Crippen LogP contribution in [0, 0.1) is 5.41 Å². The topological polar surface area (TPSA) is 60.8 Å². The summed E-state index contributed by atoms with van der Waals surface area (Å²) >= 11 is 0. The van der Waals surface area contributed by atoms with Gasteiger partial charge in [-0.1, -0.05) is 56.0 Å². The fourth-order valence-corrected chi connectivity index (χ4v) is 5.49. The van der Waals surface area contributed by atoms with Crippen molar-refractivity contribution in [1.82, 2.24) is 0 Å². The Morgan fingerprint density at radius 1 is 1.04 bits per heavy atom. The van der Waals surface area contributed by atoms with Crippen molar-refractivity contribution in [3.8, 4) is 5.75 Å². The summed E-state index contributed by atoms with van der Waals surface area (Å²) in [5.74, 6) is -1.27. The number of anilines is 1. The Morgan fingerprint density at radius 3 is 2.36 bits per heavy atom. The highest BCUT2D eigenvalue weighted by atomic mass is 16.4. The number of carboxylic acids is 1. The number of carbonyl (C=O) groups is 1. The molecule has 4 nitrogen and oxygen atoms in total. The SMILES string of the molecule is CC1N(c2ccc(O)c(C(=O)O)c2)C(c2ccccc2)CC12CCCCCC2. The van der Waals surface area contributed by atoms with E-state index in [1.54, 1.807) is 6.07 Å². The van der Waals surface area contributed by atoms with Gasteiger partial charge in [-0.15, -0.1) is 0 Å². The molecule has 2 unspecified atom stereocenters. The summed E-state index contributed by atoms with van der Waals surface area (Å²) in [6.45, 7) is 2.31. The number of aromatic carboxylic acids is 1. The van der Waals surface area contributed by atoms with Crippen molar-refractivity contribution < 1.29 is 15.0 Å². The highest BCUT2D eigenvalue weighted by Crippen LogP contribution is 2.55. The lowest BCUT2D eigenvalue weighted by molar-refractivity contribution is 0.0693. The number of benzene rings is 2. The average Bonchev–Trinajstić information content (AvgIpc) is 2.84. The van der Waals surface area contributed by atoms with Crippen molar-refractivity contribution in [1.29, 1.82) is 0 Å². The summed E-state index contributed by atoms with van der Waals surface area (Å²) in [6, 6.07) is 16.1. The van der Waals surface area contributed by atoms with Crippen LogP contribution < -0.4 is 4.90 Å². The molecule has 2 atom stereocenters. The Bertz CT molecular complexity index is 840. The lowest BCUT2D eigenvalue weighted by atomic mass is 9.73. The molecule has 1 saturated heterocycles. The largest absolute Gasteiger partial charge is 0.507 e. The van der Waals surface area contributed by atoms with E-state index in [-0.39, 0.29) is 22.8 Å². The molecule has 0 radical (unpaired) electrons. The minimum absolute atomic E-state index is 0.0293. The van der Waals surface area contributed by atoms with Crippen LogP contribution >= 0.6 is 0 Å². The Labute approximate surface area is 166 Å². The maximum Gasteiger partial charge on any atom is 0.339 e. The van der Waals surface area contributed by atoms with Gasteiger partial charge >= 0.3 is 5.97 Å². The minimum atomic E-state index is -1.09. The van der Waals surface area contributed by atoms with Crippen molar-refractivity contribution in [3.63, 3.8) is 0 Å². The zero-order chi connectivity index (χ0) is 19.7. The second-order valence-electron chi connectivity index (χ2n) is 8.50.